The molecule has 1 fully saturated rings. The second-order valence-corrected chi connectivity index (χ2v) is 6.32. The Balaban J connectivity index is 1.92. The molecule has 98 valence electrons. The zero-order valence-corrected chi connectivity index (χ0v) is 11.5. The van der Waals surface area contributed by atoms with Crippen LogP contribution in [0, 0.1) is 0 Å². The van der Waals surface area contributed by atoms with E-state index in [4.69, 9.17) is 0 Å². The molecule has 0 bridgehead atoms. The smallest absolute Gasteiger partial charge is 0.271 e. The van der Waals surface area contributed by atoms with Crippen molar-refractivity contribution >= 4 is 23.5 Å². The molecule has 1 saturated heterocycles. The molecule has 0 aliphatic carbocycles. The fourth-order valence-corrected chi connectivity index (χ4v) is 3.17. The minimum atomic E-state index is -0.215. The lowest BCUT2D eigenvalue weighted by atomic mass is 10.1. The minimum absolute atomic E-state index is 0.215. The van der Waals surface area contributed by atoms with Crippen molar-refractivity contribution in [3.05, 3.63) is 17.8 Å². The molecule has 1 aromatic rings. The molecule has 1 atom stereocenters. The van der Waals surface area contributed by atoms with Crippen LogP contribution in [0.2, 0.25) is 0 Å². The van der Waals surface area contributed by atoms with Gasteiger partial charge >= 0.3 is 0 Å². The summed E-state index contributed by atoms with van der Waals surface area (Å²) in [4.78, 5) is 11.3. The van der Waals surface area contributed by atoms with Gasteiger partial charge in [0.2, 0.25) is 0 Å². The van der Waals surface area contributed by atoms with Crippen LogP contribution >= 0.6 is 11.8 Å². The van der Waals surface area contributed by atoms with E-state index in [0.29, 0.717) is 10.4 Å². The highest BCUT2D eigenvalue weighted by Crippen LogP contribution is 2.37. The van der Waals surface area contributed by atoms with Crippen molar-refractivity contribution in [1.82, 2.24) is 15.5 Å². The van der Waals surface area contributed by atoms with E-state index in [2.05, 4.69) is 27.8 Å². The molecular formula is C12H18N4OS. The number of rotatable bonds is 4. The third kappa shape index (κ3) is 3.13. The number of hydrogen-bond donors (Lipinski definition) is 2. The van der Waals surface area contributed by atoms with Crippen molar-refractivity contribution in [2.75, 3.05) is 24.7 Å². The van der Waals surface area contributed by atoms with Gasteiger partial charge in [-0.05, 0) is 37.7 Å². The fraction of sp³-hybridized carbons (Fsp3) is 0.583. The number of carbonyl (C=O) groups is 1. The number of anilines is 1. The average Bonchev–Trinajstić information content (AvgIpc) is 2.83. The molecule has 1 amide bonds. The Labute approximate surface area is 111 Å². The summed E-state index contributed by atoms with van der Waals surface area (Å²) < 4.78 is 0.293. The number of nitrogens with one attached hydrogen (secondary N) is 2. The van der Waals surface area contributed by atoms with Gasteiger partial charge in [0.15, 0.2) is 5.69 Å². The van der Waals surface area contributed by atoms with Gasteiger partial charge in [0.05, 0.1) is 0 Å². The maximum absolute atomic E-state index is 11.3. The quantitative estimate of drug-likeness (QED) is 0.865. The van der Waals surface area contributed by atoms with Crippen molar-refractivity contribution in [1.29, 1.82) is 0 Å². The molecule has 0 radical (unpaired) electrons. The first-order chi connectivity index (χ1) is 8.63. The molecule has 0 aromatic carbocycles. The van der Waals surface area contributed by atoms with E-state index in [1.165, 1.54) is 18.6 Å². The number of nitrogens with zero attached hydrogens (tertiary/aromatic N) is 2. The predicted molar refractivity (Wildman–Crippen MR) is 74.0 cm³/mol. The van der Waals surface area contributed by atoms with E-state index in [1.807, 2.05) is 11.8 Å². The van der Waals surface area contributed by atoms with Gasteiger partial charge in [0.1, 0.15) is 5.82 Å². The van der Waals surface area contributed by atoms with Gasteiger partial charge in [0.25, 0.3) is 5.91 Å². The molecule has 1 unspecified atom stereocenters. The molecule has 0 spiro atoms. The van der Waals surface area contributed by atoms with Crippen molar-refractivity contribution < 1.29 is 4.79 Å². The molecule has 1 aromatic heterocycles. The summed E-state index contributed by atoms with van der Waals surface area (Å²) in [6.07, 6.45) is 2.51. The van der Waals surface area contributed by atoms with Gasteiger partial charge in [-0.25, -0.2) is 0 Å². The highest BCUT2D eigenvalue weighted by Gasteiger charge is 2.29. The normalized spacial score (nSPS) is 22.8. The zero-order chi connectivity index (χ0) is 13.0. The fourth-order valence-electron chi connectivity index (χ4n) is 1.93. The maximum Gasteiger partial charge on any atom is 0.271 e. The van der Waals surface area contributed by atoms with E-state index in [0.717, 1.165) is 12.4 Å². The van der Waals surface area contributed by atoms with Crippen molar-refractivity contribution in [3.63, 3.8) is 0 Å². The van der Waals surface area contributed by atoms with Crippen LogP contribution in [0.5, 0.6) is 0 Å². The number of thioether (sulfide) groups is 1. The van der Waals surface area contributed by atoms with Gasteiger partial charge in [-0.3, -0.25) is 4.79 Å². The Morgan fingerprint density at radius 3 is 2.89 bits per heavy atom. The minimum Gasteiger partial charge on any atom is -0.367 e. The van der Waals surface area contributed by atoms with Crippen LogP contribution in [-0.2, 0) is 0 Å². The van der Waals surface area contributed by atoms with Gasteiger partial charge in [0, 0.05) is 18.3 Å². The molecule has 0 saturated carbocycles. The first-order valence-corrected chi connectivity index (χ1v) is 7.05. The highest BCUT2D eigenvalue weighted by atomic mass is 32.2. The first kappa shape index (κ1) is 13.1. The third-order valence-corrected chi connectivity index (χ3v) is 4.61. The predicted octanol–water partition coefficient (Wildman–Crippen LogP) is 1.53. The van der Waals surface area contributed by atoms with Gasteiger partial charge in [-0.1, -0.05) is 0 Å². The van der Waals surface area contributed by atoms with Gasteiger partial charge in [-0.15, -0.1) is 10.2 Å². The topological polar surface area (TPSA) is 66.9 Å². The summed E-state index contributed by atoms with van der Waals surface area (Å²) in [6.45, 7) is 3.15. The maximum atomic E-state index is 11.3. The summed E-state index contributed by atoms with van der Waals surface area (Å²) in [5.41, 5.74) is 0.338. The van der Waals surface area contributed by atoms with Crippen molar-refractivity contribution in [2.24, 2.45) is 0 Å². The zero-order valence-electron chi connectivity index (χ0n) is 10.7. The Bertz CT molecular complexity index is 415. The molecule has 1 aliphatic rings. The lowest BCUT2D eigenvalue weighted by Gasteiger charge is -2.22. The Kier molecular flexibility index (Phi) is 4.06. The van der Waals surface area contributed by atoms with E-state index in [9.17, 15) is 4.79 Å². The molecular weight excluding hydrogens is 248 g/mol. The van der Waals surface area contributed by atoms with Gasteiger partial charge in [-0.2, -0.15) is 11.8 Å². The second kappa shape index (κ2) is 5.56. The number of carbonyl (C=O) groups excluding carboxylic acids is 1. The molecule has 2 heterocycles. The summed E-state index contributed by atoms with van der Waals surface area (Å²) in [6, 6.07) is 3.47. The second-order valence-electron chi connectivity index (χ2n) is 4.64. The Morgan fingerprint density at radius 2 is 2.33 bits per heavy atom. The molecule has 18 heavy (non-hydrogen) atoms. The van der Waals surface area contributed by atoms with Crippen LogP contribution in [0.3, 0.4) is 0 Å². The van der Waals surface area contributed by atoms with Crippen LogP contribution in [0.25, 0.3) is 0 Å². The van der Waals surface area contributed by atoms with Gasteiger partial charge < -0.3 is 10.6 Å². The van der Waals surface area contributed by atoms with Crippen LogP contribution in [0.4, 0.5) is 5.82 Å². The molecule has 2 N–H and O–H groups in total. The van der Waals surface area contributed by atoms with Crippen molar-refractivity contribution in [2.45, 2.75) is 24.5 Å². The van der Waals surface area contributed by atoms with Crippen LogP contribution < -0.4 is 10.6 Å². The Hall–Kier alpha value is -1.30. The first-order valence-electron chi connectivity index (χ1n) is 6.07. The summed E-state index contributed by atoms with van der Waals surface area (Å²) in [7, 11) is 1.58. The number of aromatic nitrogens is 2. The lowest BCUT2D eigenvalue weighted by Crippen LogP contribution is -2.27. The summed E-state index contributed by atoms with van der Waals surface area (Å²) in [5, 5.41) is 13.7. The summed E-state index contributed by atoms with van der Waals surface area (Å²) in [5.74, 6) is 1.74. The van der Waals surface area contributed by atoms with Crippen LogP contribution in [-0.4, -0.2) is 40.2 Å². The van der Waals surface area contributed by atoms with E-state index < -0.39 is 0 Å². The number of hydrogen-bond acceptors (Lipinski definition) is 5. The van der Waals surface area contributed by atoms with Crippen LogP contribution in [0.15, 0.2) is 12.1 Å². The Morgan fingerprint density at radius 1 is 1.50 bits per heavy atom. The standard InChI is InChI=1S/C12H18N4OS/c1-12(6-3-7-18-12)8-14-10-5-4-9(15-16-10)11(17)13-2/h4-5H,3,6-8H2,1-2H3,(H,13,17)(H,14,16). The van der Waals surface area contributed by atoms with Crippen molar-refractivity contribution in [3.8, 4) is 0 Å². The molecule has 2 rings (SSSR count). The summed E-state index contributed by atoms with van der Waals surface area (Å²) >= 11 is 2.00. The van der Waals surface area contributed by atoms with E-state index >= 15 is 0 Å². The molecule has 1 aliphatic heterocycles. The monoisotopic (exact) mass is 266 g/mol. The third-order valence-electron chi connectivity index (χ3n) is 3.07. The molecule has 6 heteroatoms. The lowest BCUT2D eigenvalue weighted by molar-refractivity contribution is 0.0957. The number of amides is 1. The molecule has 5 nitrogen and oxygen atoms in total. The SMILES string of the molecule is CNC(=O)c1ccc(NCC2(C)CCCS2)nn1. The highest BCUT2D eigenvalue weighted by molar-refractivity contribution is 8.00. The largest absolute Gasteiger partial charge is 0.367 e. The van der Waals surface area contributed by atoms with E-state index in [-0.39, 0.29) is 5.91 Å². The van der Waals surface area contributed by atoms with Crippen LogP contribution in [0.1, 0.15) is 30.3 Å². The van der Waals surface area contributed by atoms with E-state index in [1.54, 1.807) is 19.2 Å². The average molecular weight is 266 g/mol.